The molecule has 0 aliphatic carbocycles. The maximum atomic E-state index is 11.2. The number of amides is 1. The monoisotopic (exact) mass is 241 g/mol. The smallest absolute Gasteiger partial charge is 0.239 e. The molecule has 0 aromatic carbocycles. The van der Waals surface area contributed by atoms with Crippen molar-refractivity contribution in [3.05, 3.63) is 10.6 Å². The largest absolute Gasteiger partial charge is 0.388 e. The molecule has 16 heavy (non-hydrogen) atoms. The number of hydrogen-bond donors (Lipinski definition) is 2. The number of aryl methyl sites for hydroxylation is 1. The van der Waals surface area contributed by atoms with Crippen LogP contribution in [-0.2, 0) is 4.79 Å². The van der Waals surface area contributed by atoms with E-state index in [2.05, 4.69) is 10.3 Å². The minimum Gasteiger partial charge on any atom is -0.388 e. The number of aliphatic hydroxyl groups is 1. The fourth-order valence-corrected chi connectivity index (χ4v) is 2.75. The van der Waals surface area contributed by atoms with Gasteiger partial charge in [-0.05, 0) is 13.8 Å². The minimum atomic E-state index is -0.495. The molecule has 0 radical (unpaired) electrons. The molecule has 6 heteroatoms. The van der Waals surface area contributed by atoms with E-state index in [4.69, 9.17) is 0 Å². The van der Waals surface area contributed by atoms with E-state index in [9.17, 15) is 9.90 Å². The van der Waals surface area contributed by atoms with Gasteiger partial charge in [-0.25, -0.2) is 4.98 Å². The molecule has 0 bridgehead atoms. The first kappa shape index (κ1) is 11.3. The van der Waals surface area contributed by atoms with E-state index in [-0.39, 0.29) is 5.91 Å². The molecule has 1 aromatic heterocycles. The molecule has 0 spiro atoms. The fourth-order valence-electron chi connectivity index (χ4n) is 1.72. The lowest BCUT2D eigenvalue weighted by atomic mass is 10.3. The van der Waals surface area contributed by atoms with Gasteiger partial charge in [0.1, 0.15) is 0 Å². The van der Waals surface area contributed by atoms with Crippen LogP contribution in [0, 0.1) is 6.92 Å². The SMILES string of the molecule is Cc1nc(N2CCNC(=O)C2)sc1C(C)O. The zero-order chi connectivity index (χ0) is 11.7. The Morgan fingerprint density at radius 2 is 2.38 bits per heavy atom. The van der Waals surface area contributed by atoms with Gasteiger partial charge in [0.15, 0.2) is 5.13 Å². The highest BCUT2D eigenvalue weighted by Crippen LogP contribution is 2.30. The zero-order valence-electron chi connectivity index (χ0n) is 9.36. The molecular formula is C10H15N3O2S. The number of piperazine rings is 1. The first-order chi connectivity index (χ1) is 7.58. The van der Waals surface area contributed by atoms with Crippen LogP contribution in [0.4, 0.5) is 5.13 Å². The third kappa shape index (κ3) is 2.17. The molecule has 1 unspecified atom stereocenters. The minimum absolute atomic E-state index is 0.0256. The Bertz CT molecular complexity index is 403. The highest BCUT2D eigenvalue weighted by molar-refractivity contribution is 7.15. The summed E-state index contributed by atoms with van der Waals surface area (Å²) in [5, 5.41) is 13.1. The van der Waals surface area contributed by atoms with Crippen molar-refractivity contribution in [2.75, 3.05) is 24.5 Å². The van der Waals surface area contributed by atoms with E-state index in [0.29, 0.717) is 13.1 Å². The highest BCUT2D eigenvalue weighted by atomic mass is 32.1. The van der Waals surface area contributed by atoms with E-state index in [1.165, 1.54) is 11.3 Å². The average Bonchev–Trinajstić information content (AvgIpc) is 2.60. The predicted octanol–water partition coefficient (Wildman–Crippen LogP) is 0.441. The second kappa shape index (κ2) is 4.39. The van der Waals surface area contributed by atoms with Gasteiger partial charge in [-0.1, -0.05) is 11.3 Å². The van der Waals surface area contributed by atoms with Crippen molar-refractivity contribution in [3.63, 3.8) is 0 Å². The second-order valence-electron chi connectivity index (χ2n) is 3.89. The summed E-state index contributed by atoms with van der Waals surface area (Å²) in [4.78, 5) is 18.5. The van der Waals surface area contributed by atoms with Crippen LogP contribution in [-0.4, -0.2) is 35.6 Å². The number of aliphatic hydroxyl groups excluding tert-OH is 1. The van der Waals surface area contributed by atoms with Crippen molar-refractivity contribution >= 4 is 22.4 Å². The van der Waals surface area contributed by atoms with Crippen LogP contribution < -0.4 is 10.2 Å². The normalized spacial score (nSPS) is 18.4. The molecular weight excluding hydrogens is 226 g/mol. The van der Waals surface area contributed by atoms with Gasteiger partial charge in [-0.15, -0.1) is 0 Å². The summed E-state index contributed by atoms with van der Waals surface area (Å²) in [6.45, 7) is 5.39. The first-order valence-electron chi connectivity index (χ1n) is 5.25. The number of anilines is 1. The van der Waals surface area contributed by atoms with Crippen LogP contribution >= 0.6 is 11.3 Å². The molecule has 2 N–H and O–H groups in total. The van der Waals surface area contributed by atoms with Crippen LogP contribution in [0.5, 0.6) is 0 Å². The number of aromatic nitrogens is 1. The Morgan fingerprint density at radius 1 is 1.62 bits per heavy atom. The third-order valence-electron chi connectivity index (χ3n) is 2.51. The van der Waals surface area contributed by atoms with Gasteiger partial charge >= 0.3 is 0 Å². The van der Waals surface area contributed by atoms with Crippen LogP contribution in [0.3, 0.4) is 0 Å². The number of carbonyl (C=O) groups is 1. The summed E-state index contributed by atoms with van der Waals surface area (Å²) in [5.74, 6) is 0.0256. The van der Waals surface area contributed by atoms with E-state index < -0.39 is 6.10 Å². The number of carbonyl (C=O) groups excluding carboxylic acids is 1. The molecule has 1 saturated heterocycles. The molecule has 1 amide bonds. The summed E-state index contributed by atoms with van der Waals surface area (Å²) in [6, 6.07) is 0. The Morgan fingerprint density at radius 3 is 2.94 bits per heavy atom. The molecule has 5 nitrogen and oxygen atoms in total. The zero-order valence-corrected chi connectivity index (χ0v) is 10.2. The molecule has 2 rings (SSSR count). The Kier molecular flexibility index (Phi) is 3.11. The molecule has 1 aliphatic rings. The van der Waals surface area contributed by atoms with Gasteiger partial charge in [0.05, 0.1) is 23.2 Å². The maximum Gasteiger partial charge on any atom is 0.239 e. The van der Waals surface area contributed by atoms with Crippen molar-refractivity contribution in [3.8, 4) is 0 Å². The molecule has 0 saturated carbocycles. The summed E-state index contributed by atoms with van der Waals surface area (Å²) < 4.78 is 0. The number of hydrogen-bond acceptors (Lipinski definition) is 5. The lowest BCUT2D eigenvalue weighted by molar-refractivity contribution is -0.120. The fraction of sp³-hybridized carbons (Fsp3) is 0.600. The molecule has 1 atom stereocenters. The van der Waals surface area contributed by atoms with Crippen molar-refractivity contribution in [2.45, 2.75) is 20.0 Å². The van der Waals surface area contributed by atoms with E-state index in [1.807, 2.05) is 11.8 Å². The van der Waals surface area contributed by atoms with Crippen LogP contribution in [0.25, 0.3) is 0 Å². The van der Waals surface area contributed by atoms with E-state index in [1.54, 1.807) is 6.92 Å². The average molecular weight is 241 g/mol. The highest BCUT2D eigenvalue weighted by Gasteiger charge is 2.21. The summed E-state index contributed by atoms with van der Waals surface area (Å²) >= 11 is 1.46. The van der Waals surface area contributed by atoms with Gasteiger partial charge in [0, 0.05) is 13.1 Å². The Hall–Kier alpha value is -1.14. The van der Waals surface area contributed by atoms with Gasteiger partial charge in [-0.2, -0.15) is 0 Å². The van der Waals surface area contributed by atoms with Crippen molar-refractivity contribution in [1.82, 2.24) is 10.3 Å². The van der Waals surface area contributed by atoms with E-state index in [0.717, 1.165) is 22.2 Å². The molecule has 88 valence electrons. The molecule has 2 heterocycles. The quantitative estimate of drug-likeness (QED) is 0.788. The Labute approximate surface area is 98.1 Å². The van der Waals surface area contributed by atoms with Crippen molar-refractivity contribution in [1.29, 1.82) is 0 Å². The molecule has 1 fully saturated rings. The Balaban J connectivity index is 2.20. The van der Waals surface area contributed by atoms with Gasteiger partial charge in [0.2, 0.25) is 5.91 Å². The van der Waals surface area contributed by atoms with Gasteiger partial charge in [0.25, 0.3) is 0 Å². The molecule has 1 aliphatic heterocycles. The standard InChI is InChI=1S/C10H15N3O2S/c1-6-9(7(2)14)16-10(12-6)13-4-3-11-8(15)5-13/h7,14H,3-5H2,1-2H3,(H,11,15). The number of thiazole rings is 1. The predicted molar refractivity (Wildman–Crippen MR) is 62.7 cm³/mol. The van der Waals surface area contributed by atoms with Crippen molar-refractivity contribution in [2.24, 2.45) is 0 Å². The van der Waals surface area contributed by atoms with Gasteiger partial charge < -0.3 is 15.3 Å². The van der Waals surface area contributed by atoms with Gasteiger partial charge in [-0.3, -0.25) is 4.79 Å². The van der Waals surface area contributed by atoms with Crippen LogP contribution in [0.1, 0.15) is 23.6 Å². The second-order valence-corrected chi connectivity index (χ2v) is 4.90. The number of nitrogens with zero attached hydrogens (tertiary/aromatic N) is 2. The topological polar surface area (TPSA) is 65.5 Å². The maximum absolute atomic E-state index is 11.2. The summed E-state index contributed by atoms with van der Waals surface area (Å²) in [7, 11) is 0. The third-order valence-corrected chi connectivity index (χ3v) is 3.90. The molecule has 1 aromatic rings. The van der Waals surface area contributed by atoms with Crippen molar-refractivity contribution < 1.29 is 9.90 Å². The first-order valence-corrected chi connectivity index (χ1v) is 6.06. The van der Waals surface area contributed by atoms with E-state index >= 15 is 0 Å². The van der Waals surface area contributed by atoms with Crippen LogP contribution in [0.15, 0.2) is 0 Å². The lowest BCUT2D eigenvalue weighted by Crippen LogP contribution is -2.47. The summed E-state index contributed by atoms with van der Waals surface area (Å²) in [5.41, 5.74) is 0.848. The van der Waals surface area contributed by atoms with Crippen LogP contribution in [0.2, 0.25) is 0 Å². The summed E-state index contributed by atoms with van der Waals surface area (Å²) in [6.07, 6.45) is -0.495. The lowest BCUT2D eigenvalue weighted by Gasteiger charge is -2.25. The number of nitrogens with one attached hydrogen (secondary N) is 1. The number of rotatable bonds is 2.